The number of hydrogen-bond donors (Lipinski definition) is 2. The second-order valence-corrected chi connectivity index (χ2v) is 11.2. The summed E-state index contributed by atoms with van der Waals surface area (Å²) in [4.78, 5) is 12.6. The normalized spacial score (nSPS) is 15.1. The Morgan fingerprint density at radius 1 is 0.974 bits per heavy atom. The Hall–Kier alpha value is -3.40. The smallest absolute Gasteiger partial charge is 0.335 e. The maximum absolute atomic E-state index is 13.4. The third-order valence-corrected chi connectivity index (χ3v) is 8.22. The van der Waals surface area contributed by atoms with E-state index in [1.165, 1.54) is 11.4 Å². The number of carbonyl (C=O) groups is 1. The molecule has 204 valence electrons. The number of benzene rings is 3. The van der Waals surface area contributed by atoms with Gasteiger partial charge in [0.1, 0.15) is 5.75 Å². The summed E-state index contributed by atoms with van der Waals surface area (Å²) < 4.78 is 33.5. The predicted molar refractivity (Wildman–Crippen MR) is 148 cm³/mol. The molecule has 1 aliphatic heterocycles. The third kappa shape index (κ3) is 8.05. The summed E-state index contributed by atoms with van der Waals surface area (Å²) in [5.41, 5.74) is 0.752. The van der Waals surface area contributed by atoms with Gasteiger partial charge in [0.05, 0.1) is 35.9 Å². The third-order valence-electron chi connectivity index (χ3n) is 6.43. The van der Waals surface area contributed by atoms with Gasteiger partial charge in [0, 0.05) is 6.54 Å². The lowest BCUT2D eigenvalue weighted by Gasteiger charge is -2.33. The number of para-hydroxylation sites is 2. The zero-order valence-electron chi connectivity index (χ0n) is 21.8. The van der Waals surface area contributed by atoms with E-state index in [2.05, 4.69) is 11.8 Å². The number of nitrogens with zero attached hydrogens (tertiary/aromatic N) is 2. The van der Waals surface area contributed by atoms with Crippen LogP contribution in [0.15, 0.2) is 89.8 Å². The van der Waals surface area contributed by atoms with Crippen molar-refractivity contribution < 1.29 is 28.2 Å². The van der Waals surface area contributed by atoms with Crippen LogP contribution in [0.4, 0.5) is 5.69 Å². The van der Waals surface area contributed by atoms with Crippen LogP contribution in [0.25, 0.3) is 0 Å². The lowest BCUT2D eigenvalue weighted by atomic mass is 9.99. The minimum atomic E-state index is -3.86. The van der Waals surface area contributed by atoms with E-state index in [-0.39, 0.29) is 11.4 Å². The molecule has 0 aromatic heterocycles. The lowest BCUT2D eigenvalue weighted by Crippen LogP contribution is -2.45. The van der Waals surface area contributed by atoms with Crippen molar-refractivity contribution in [3.05, 3.63) is 90.5 Å². The summed E-state index contributed by atoms with van der Waals surface area (Å²) in [5.74, 6) is 0.272. The number of piperidine rings is 1. The van der Waals surface area contributed by atoms with E-state index < -0.39 is 22.1 Å². The lowest BCUT2D eigenvalue weighted by molar-refractivity contribution is 0.0697. The molecule has 3 aromatic rings. The van der Waals surface area contributed by atoms with E-state index in [4.69, 9.17) is 9.84 Å². The van der Waals surface area contributed by atoms with E-state index in [9.17, 15) is 18.3 Å². The van der Waals surface area contributed by atoms with Gasteiger partial charge in [-0.2, -0.15) is 0 Å². The number of β-amino-alcohol motifs (C(OH)–C–C–N with tert-alkyl or cyclic N) is 1. The fourth-order valence-corrected chi connectivity index (χ4v) is 5.79. The Bertz CT molecular complexity index is 1250. The molecular formula is C29H36N2O6S. The van der Waals surface area contributed by atoms with Gasteiger partial charge in [-0.15, -0.1) is 0 Å². The number of aliphatic hydroxyl groups excluding tert-OH is 1. The van der Waals surface area contributed by atoms with E-state index >= 15 is 0 Å². The topological polar surface area (TPSA) is 107 Å². The highest BCUT2D eigenvalue weighted by molar-refractivity contribution is 7.92. The minimum absolute atomic E-state index is 0.0380. The summed E-state index contributed by atoms with van der Waals surface area (Å²) in [7, 11) is -2.35. The van der Waals surface area contributed by atoms with Crippen molar-refractivity contribution in [1.82, 2.24) is 4.90 Å². The number of sulfonamides is 1. The number of rotatable bonds is 9. The van der Waals surface area contributed by atoms with Gasteiger partial charge in [-0.3, -0.25) is 4.31 Å². The molecule has 0 bridgehead atoms. The molecule has 0 radical (unpaired) electrons. The average molecular weight is 541 g/mol. The van der Waals surface area contributed by atoms with Gasteiger partial charge < -0.3 is 19.8 Å². The summed E-state index contributed by atoms with van der Waals surface area (Å²) >= 11 is 0. The van der Waals surface area contributed by atoms with Crippen LogP contribution < -0.4 is 9.04 Å². The first kappa shape index (κ1) is 29.2. The van der Waals surface area contributed by atoms with Crippen LogP contribution in [-0.4, -0.2) is 68.9 Å². The van der Waals surface area contributed by atoms with Crippen molar-refractivity contribution in [3.63, 3.8) is 0 Å². The predicted octanol–water partition coefficient (Wildman–Crippen LogP) is 4.37. The monoisotopic (exact) mass is 540 g/mol. The minimum Gasteiger partial charge on any atom is -0.495 e. The summed E-state index contributed by atoms with van der Waals surface area (Å²) in [5, 5.41) is 19.2. The number of ether oxygens (including phenoxy) is 1. The molecule has 8 nitrogen and oxygen atoms in total. The van der Waals surface area contributed by atoms with Gasteiger partial charge in [0.25, 0.3) is 10.0 Å². The molecule has 3 aromatic carbocycles. The van der Waals surface area contributed by atoms with Crippen LogP contribution in [0.1, 0.15) is 30.1 Å². The molecule has 1 atom stereocenters. The van der Waals surface area contributed by atoms with Gasteiger partial charge in [0.2, 0.25) is 0 Å². The highest BCUT2D eigenvalue weighted by Gasteiger charge is 2.30. The molecule has 1 unspecified atom stereocenters. The first-order chi connectivity index (χ1) is 18.2. The second kappa shape index (κ2) is 13.9. The van der Waals surface area contributed by atoms with Crippen molar-refractivity contribution in [3.8, 4) is 5.75 Å². The standard InChI is InChI=1S/C22H30N2O4S.C7H6O2/c1-18-12-14-23(15-13-18)16-19(25)17-24(21-10-6-7-11-22(21)28-2)29(26,27)20-8-4-3-5-9-20;8-7(9)6-4-2-1-3-5-6/h3-11,18-19,25H,12-17H2,1-2H3;1-5H,(H,8,9). The molecule has 4 rings (SSSR count). The largest absolute Gasteiger partial charge is 0.495 e. The fraction of sp³-hybridized carbons (Fsp3) is 0.345. The van der Waals surface area contributed by atoms with Crippen molar-refractivity contribution >= 4 is 21.7 Å². The summed E-state index contributed by atoms with van der Waals surface area (Å²) in [6.07, 6.45) is 1.39. The quantitative estimate of drug-likeness (QED) is 0.415. The zero-order chi connectivity index (χ0) is 27.5. The molecule has 0 amide bonds. The molecule has 2 N–H and O–H groups in total. The van der Waals surface area contributed by atoms with Crippen LogP contribution in [0.5, 0.6) is 5.75 Å². The Morgan fingerprint density at radius 3 is 2.08 bits per heavy atom. The SMILES string of the molecule is COc1ccccc1N(CC(O)CN1CCC(C)CC1)S(=O)(=O)c1ccccc1.O=C(O)c1ccccc1. The Labute approximate surface area is 225 Å². The number of carboxylic acid groups (broad SMARTS) is 1. The van der Waals surface area contributed by atoms with Crippen LogP contribution in [0, 0.1) is 5.92 Å². The number of methoxy groups -OCH3 is 1. The van der Waals surface area contributed by atoms with Crippen molar-refractivity contribution in [1.29, 1.82) is 0 Å². The molecule has 0 aliphatic carbocycles. The van der Waals surface area contributed by atoms with E-state index in [0.29, 0.717) is 29.5 Å². The van der Waals surface area contributed by atoms with E-state index in [1.807, 2.05) is 0 Å². The summed E-state index contributed by atoms with van der Waals surface area (Å²) in [6, 6.07) is 23.6. The number of hydrogen-bond acceptors (Lipinski definition) is 6. The van der Waals surface area contributed by atoms with Gasteiger partial charge in [-0.1, -0.05) is 55.5 Å². The fourth-order valence-electron chi connectivity index (χ4n) is 4.25. The van der Waals surface area contributed by atoms with Gasteiger partial charge >= 0.3 is 5.97 Å². The van der Waals surface area contributed by atoms with Crippen molar-refractivity contribution in [2.75, 3.05) is 37.6 Å². The number of anilines is 1. The average Bonchev–Trinajstić information content (AvgIpc) is 2.94. The first-order valence-electron chi connectivity index (χ1n) is 12.6. The van der Waals surface area contributed by atoms with Crippen molar-refractivity contribution in [2.45, 2.75) is 30.8 Å². The molecular weight excluding hydrogens is 504 g/mol. The molecule has 38 heavy (non-hydrogen) atoms. The first-order valence-corrected chi connectivity index (χ1v) is 14.1. The van der Waals surface area contributed by atoms with Crippen LogP contribution in [0.2, 0.25) is 0 Å². The van der Waals surface area contributed by atoms with Crippen molar-refractivity contribution in [2.24, 2.45) is 5.92 Å². The number of aromatic carboxylic acids is 1. The second-order valence-electron chi connectivity index (χ2n) is 9.33. The van der Waals surface area contributed by atoms with Gasteiger partial charge in [0.15, 0.2) is 0 Å². The van der Waals surface area contributed by atoms with Gasteiger partial charge in [-0.05, 0) is 68.2 Å². The molecule has 0 spiro atoms. The Balaban J connectivity index is 0.000000375. The van der Waals surface area contributed by atoms with Crippen LogP contribution in [-0.2, 0) is 10.0 Å². The maximum atomic E-state index is 13.4. The Kier molecular flexibility index (Phi) is 10.7. The molecule has 1 fully saturated rings. The molecule has 1 aliphatic rings. The Morgan fingerprint density at radius 2 is 1.53 bits per heavy atom. The maximum Gasteiger partial charge on any atom is 0.335 e. The molecule has 1 saturated heterocycles. The highest BCUT2D eigenvalue weighted by atomic mass is 32.2. The number of aliphatic hydroxyl groups is 1. The van der Waals surface area contributed by atoms with Crippen LogP contribution >= 0.6 is 0 Å². The van der Waals surface area contributed by atoms with E-state index in [1.54, 1.807) is 84.9 Å². The highest BCUT2D eigenvalue weighted by Crippen LogP contribution is 2.32. The molecule has 0 saturated carbocycles. The molecule has 1 heterocycles. The summed E-state index contributed by atoms with van der Waals surface area (Å²) in [6.45, 7) is 4.51. The van der Waals surface area contributed by atoms with Gasteiger partial charge in [-0.25, -0.2) is 13.2 Å². The molecule has 9 heteroatoms. The van der Waals surface area contributed by atoms with Crippen LogP contribution in [0.3, 0.4) is 0 Å². The number of likely N-dealkylation sites (tertiary alicyclic amines) is 1. The van der Waals surface area contributed by atoms with E-state index in [0.717, 1.165) is 25.9 Å². The number of carboxylic acids is 1. The zero-order valence-corrected chi connectivity index (χ0v) is 22.6.